The van der Waals surface area contributed by atoms with Gasteiger partial charge in [-0.2, -0.15) is 74.6 Å². The van der Waals surface area contributed by atoms with Crippen LogP contribution in [0.5, 0.6) is 0 Å². The highest BCUT2D eigenvalue weighted by atomic mass is 19.4. The maximum atomic E-state index is 13.7. The van der Waals surface area contributed by atoms with E-state index in [-0.39, 0.29) is 13.0 Å². The summed E-state index contributed by atoms with van der Waals surface area (Å²) in [6.45, 7) is 2.89. The number of nitrogens with zero attached hydrogens (tertiary/aromatic N) is 1. The van der Waals surface area contributed by atoms with Gasteiger partial charge in [-0.25, -0.2) is 0 Å². The molecule has 0 aliphatic rings. The van der Waals surface area contributed by atoms with Gasteiger partial charge in [0, 0.05) is 6.54 Å². The summed E-state index contributed by atoms with van der Waals surface area (Å²) in [7, 11) is 0. The number of alkyl halides is 17. The van der Waals surface area contributed by atoms with Crippen LogP contribution in [0.2, 0.25) is 0 Å². The van der Waals surface area contributed by atoms with Crippen LogP contribution in [0.25, 0.3) is 0 Å². The summed E-state index contributed by atoms with van der Waals surface area (Å²) >= 11 is 0. The Morgan fingerprint density at radius 1 is 0.583 bits per heavy atom. The zero-order chi connectivity index (χ0) is 29.4. The molecule has 0 aromatic carbocycles. The van der Waals surface area contributed by atoms with Gasteiger partial charge in [-0.3, -0.25) is 4.79 Å². The van der Waals surface area contributed by atoms with Gasteiger partial charge in [0.1, 0.15) is 0 Å². The first-order valence-corrected chi connectivity index (χ1v) is 9.38. The molecule has 1 amide bonds. The van der Waals surface area contributed by atoms with Gasteiger partial charge in [-0.1, -0.05) is 13.8 Å². The summed E-state index contributed by atoms with van der Waals surface area (Å²) in [5, 5.41) is 0.891. The molecule has 0 radical (unpaired) electrons. The zero-order valence-corrected chi connectivity index (χ0v) is 17.8. The Morgan fingerprint density at radius 3 is 1.25 bits per heavy atom. The van der Waals surface area contributed by atoms with Crippen LogP contribution in [0.15, 0.2) is 0 Å². The normalized spacial score (nSPS) is 15.4. The van der Waals surface area contributed by atoms with Crippen molar-refractivity contribution in [1.82, 2.24) is 10.2 Å². The second kappa shape index (κ2) is 10.2. The molecular weight excluding hydrogens is 559 g/mol. The molecule has 0 saturated heterocycles. The van der Waals surface area contributed by atoms with Crippen molar-refractivity contribution in [2.75, 3.05) is 26.2 Å². The summed E-state index contributed by atoms with van der Waals surface area (Å²) in [4.78, 5) is 12.8. The van der Waals surface area contributed by atoms with Crippen molar-refractivity contribution < 1.29 is 79.4 Å². The smallest absolute Gasteiger partial charge is 0.351 e. The number of nitrogens with one attached hydrogen (secondary N) is 1. The molecule has 0 rings (SSSR count). The quantitative estimate of drug-likeness (QED) is 0.221. The van der Waals surface area contributed by atoms with E-state index in [9.17, 15) is 79.4 Å². The van der Waals surface area contributed by atoms with Gasteiger partial charge in [-0.05, 0) is 26.1 Å². The molecule has 20 heteroatoms. The van der Waals surface area contributed by atoms with E-state index in [0.717, 1.165) is 5.32 Å². The lowest BCUT2D eigenvalue weighted by molar-refractivity contribution is -0.459. The Kier molecular flexibility index (Phi) is 9.69. The fourth-order valence-corrected chi connectivity index (χ4v) is 2.46. The van der Waals surface area contributed by atoms with Crippen LogP contribution in [0.3, 0.4) is 0 Å². The highest BCUT2D eigenvalue weighted by Crippen LogP contribution is 2.63. The summed E-state index contributed by atoms with van der Waals surface area (Å²) < 4.78 is 223. The maximum absolute atomic E-state index is 13.7. The van der Waals surface area contributed by atoms with Crippen molar-refractivity contribution in [3.63, 3.8) is 0 Å². The highest BCUT2D eigenvalue weighted by molar-refractivity contribution is 5.84. The lowest BCUT2D eigenvalue weighted by atomic mass is 9.89. The Labute approximate surface area is 190 Å². The highest BCUT2D eigenvalue weighted by Gasteiger charge is 2.95. The average molecular weight is 576 g/mol. The van der Waals surface area contributed by atoms with Crippen LogP contribution in [0.4, 0.5) is 74.6 Å². The number of amides is 1. The molecule has 1 N–H and O–H groups in total. The maximum Gasteiger partial charge on any atom is 0.460 e. The Morgan fingerprint density at radius 2 is 0.917 bits per heavy atom. The van der Waals surface area contributed by atoms with E-state index in [1.807, 2.05) is 0 Å². The minimum absolute atomic E-state index is 0.0157. The van der Waals surface area contributed by atoms with Crippen molar-refractivity contribution in [2.45, 2.75) is 67.9 Å². The third-order valence-electron chi connectivity index (χ3n) is 4.84. The van der Waals surface area contributed by atoms with Crippen LogP contribution < -0.4 is 5.32 Å². The predicted octanol–water partition coefficient (Wildman–Crippen LogP) is 5.84. The second-order valence-corrected chi connectivity index (χ2v) is 7.15. The molecule has 0 aliphatic carbocycles. The van der Waals surface area contributed by atoms with Crippen LogP contribution in [0, 0.1) is 0 Å². The lowest BCUT2D eigenvalue weighted by Gasteiger charge is -2.42. The van der Waals surface area contributed by atoms with Crippen molar-refractivity contribution in [1.29, 1.82) is 0 Å². The lowest BCUT2D eigenvalue weighted by Crippen LogP contribution is -2.75. The first kappa shape index (κ1) is 34.2. The van der Waals surface area contributed by atoms with Gasteiger partial charge in [0.2, 0.25) is 0 Å². The minimum Gasteiger partial charge on any atom is -0.351 e. The molecule has 216 valence electrons. The third-order valence-corrected chi connectivity index (χ3v) is 4.84. The molecule has 0 fully saturated rings. The van der Waals surface area contributed by atoms with Gasteiger partial charge in [0.25, 0.3) is 5.91 Å². The fraction of sp³-hybridized carbons (Fsp3) is 0.938. The molecule has 0 aromatic rings. The Hall–Kier alpha value is -1.76. The molecule has 0 spiro atoms. The largest absolute Gasteiger partial charge is 0.460 e. The standard InChI is InChI=1S/C16H17F17N2O/c1-3-35(4-2)7-5-6-34-8(36)9(17,18)10(19,20)11(21,22)12(23,24)13(25,26)14(27,28)15(29,30)16(31,32)33/h3-7H2,1-2H3,(H,34,36). The van der Waals surface area contributed by atoms with Crippen molar-refractivity contribution in [2.24, 2.45) is 0 Å². The van der Waals surface area contributed by atoms with Crippen LogP contribution in [0.1, 0.15) is 20.3 Å². The average Bonchev–Trinajstić information content (AvgIpc) is 2.71. The van der Waals surface area contributed by atoms with Crippen molar-refractivity contribution in [3.05, 3.63) is 0 Å². The number of carbonyl (C=O) groups is 1. The number of carbonyl (C=O) groups excluding carboxylic acids is 1. The molecule has 36 heavy (non-hydrogen) atoms. The molecule has 0 bridgehead atoms. The van der Waals surface area contributed by atoms with E-state index in [1.165, 1.54) is 0 Å². The molecule has 0 atom stereocenters. The fourth-order valence-electron chi connectivity index (χ4n) is 2.46. The predicted molar refractivity (Wildman–Crippen MR) is 86.1 cm³/mol. The Balaban J connectivity index is 6.22. The molecule has 0 aromatic heterocycles. The van der Waals surface area contributed by atoms with E-state index < -0.39 is 60.1 Å². The number of hydrogen-bond donors (Lipinski definition) is 1. The number of rotatable bonds is 13. The zero-order valence-electron chi connectivity index (χ0n) is 17.8. The van der Waals surface area contributed by atoms with E-state index >= 15 is 0 Å². The first-order chi connectivity index (χ1) is 15.7. The first-order valence-electron chi connectivity index (χ1n) is 9.38. The topological polar surface area (TPSA) is 32.3 Å². The minimum atomic E-state index is -8.72. The summed E-state index contributed by atoms with van der Waals surface area (Å²) in [6.07, 6.45) is -8.15. The van der Waals surface area contributed by atoms with Gasteiger partial charge >= 0.3 is 47.6 Å². The van der Waals surface area contributed by atoms with Crippen LogP contribution in [-0.2, 0) is 4.79 Å². The third kappa shape index (κ3) is 5.14. The molecule has 0 aliphatic heterocycles. The molecule has 0 unspecified atom stereocenters. The molecular formula is C16H17F17N2O. The summed E-state index contributed by atoms with van der Waals surface area (Å²) in [5.41, 5.74) is 0. The Bertz CT molecular complexity index is 758. The van der Waals surface area contributed by atoms with E-state index in [0.29, 0.717) is 13.1 Å². The van der Waals surface area contributed by atoms with E-state index in [4.69, 9.17) is 0 Å². The number of halogens is 17. The SMILES string of the molecule is CCN(CC)CCCNC(=O)C(F)(F)C(F)(F)C(F)(F)C(F)(F)C(F)(F)C(F)(F)C(F)(F)C(F)(F)F. The summed E-state index contributed by atoms with van der Waals surface area (Å²) in [6, 6.07) is 0. The van der Waals surface area contributed by atoms with Gasteiger partial charge in [0.15, 0.2) is 0 Å². The van der Waals surface area contributed by atoms with Gasteiger partial charge < -0.3 is 10.2 Å². The van der Waals surface area contributed by atoms with E-state index in [2.05, 4.69) is 0 Å². The van der Waals surface area contributed by atoms with E-state index in [1.54, 1.807) is 18.7 Å². The van der Waals surface area contributed by atoms with Gasteiger partial charge in [0.05, 0.1) is 0 Å². The van der Waals surface area contributed by atoms with Crippen LogP contribution in [-0.4, -0.2) is 84.6 Å². The molecule has 3 nitrogen and oxygen atoms in total. The van der Waals surface area contributed by atoms with Crippen molar-refractivity contribution in [3.8, 4) is 0 Å². The number of hydrogen-bond acceptors (Lipinski definition) is 2. The monoisotopic (exact) mass is 576 g/mol. The molecule has 0 saturated carbocycles. The van der Waals surface area contributed by atoms with Gasteiger partial charge in [-0.15, -0.1) is 0 Å². The summed E-state index contributed by atoms with van der Waals surface area (Å²) in [5.74, 6) is -61.3. The molecule has 0 heterocycles. The van der Waals surface area contributed by atoms with Crippen molar-refractivity contribution >= 4 is 5.91 Å². The van der Waals surface area contributed by atoms with Crippen LogP contribution >= 0.6 is 0 Å². The second-order valence-electron chi connectivity index (χ2n) is 7.15.